The summed E-state index contributed by atoms with van der Waals surface area (Å²) in [4.78, 5) is 0. The van der Waals surface area contributed by atoms with Gasteiger partial charge in [-0.15, -0.1) is 0 Å². The molecule has 3 nitrogen and oxygen atoms in total. The maximum absolute atomic E-state index is 4.48. The number of allylic oxidation sites excluding steroid dienone is 1. The number of hydrogen-bond donors (Lipinski definition) is 1. The van der Waals surface area contributed by atoms with Crippen LogP contribution in [0, 0.1) is 6.92 Å². The molecule has 0 atom stereocenters. The van der Waals surface area contributed by atoms with E-state index in [1.807, 2.05) is 0 Å². The van der Waals surface area contributed by atoms with Gasteiger partial charge in [-0.05, 0) is 52.8 Å². The van der Waals surface area contributed by atoms with Crippen LogP contribution >= 0.6 is 0 Å². The molecular weight excluding hydrogens is 222 g/mol. The smallest absolute Gasteiger partial charge is 0.0596 e. The molecule has 1 N–H and O–H groups in total. The molecule has 0 radical (unpaired) electrons. The van der Waals surface area contributed by atoms with E-state index >= 15 is 0 Å². The molecule has 102 valence electrons. The second-order valence-corrected chi connectivity index (χ2v) is 4.86. The van der Waals surface area contributed by atoms with E-state index in [1.54, 1.807) is 0 Å². The largest absolute Gasteiger partial charge is 0.316 e. The summed E-state index contributed by atoms with van der Waals surface area (Å²) in [7, 11) is 0. The van der Waals surface area contributed by atoms with Gasteiger partial charge in [0.2, 0.25) is 0 Å². The van der Waals surface area contributed by atoms with Gasteiger partial charge >= 0.3 is 0 Å². The molecule has 0 aliphatic rings. The minimum absolute atomic E-state index is 0.953. The topological polar surface area (TPSA) is 29.9 Å². The molecule has 0 saturated carbocycles. The zero-order valence-corrected chi connectivity index (χ0v) is 12.3. The Labute approximate surface area is 111 Å². The molecule has 0 aromatic carbocycles. The lowest BCUT2D eigenvalue weighted by molar-refractivity contribution is 0.623. The third kappa shape index (κ3) is 5.05. The number of hydrogen-bond acceptors (Lipinski definition) is 2. The van der Waals surface area contributed by atoms with Gasteiger partial charge < -0.3 is 5.32 Å². The predicted octanol–water partition coefficient (Wildman–Crippen LogP) is 3.09. The average molecular weight is 249 g/mol. The summed E-state index contributed by atoms with van der Waals surface area (Å²) in [5, 5.41) is 7.90. The highest BCUT2D eigenvalue weighted by atomic mass is 15.3. The Morgan fingerprint density at radius 1 is 1.39 bits per heavy atom. The molecule has 0 saturated heterocycles. The second-order valence-electron chi connectivity index (χ2n) is 4.86. The van der Waals surface area contributed by atoms with E-state index in [9.17, 15) is 0 Å². The van der Waals surface area contributed by atoms with Gasteiger partial charge in [0.25, 0.3) is 0 Å². The summed E-state index contributed by atoms with van der Waals surface area (Å²) < 4.78 is 2.10. The minimum atomic E-state index is 0.953. The molecule has 3 heteroatoms. The molecule has 18 heavy (non-hydrogen) atoms. The van der Waals surface area contributed by atoms with Gasteiger partial charge in [0, 0.05) is 18.7 Å². The molecule has 0 aliphatic carbocycles. The average Bonchev–Trinajstić information content (AvgIpc) is 2.69. The Kier molecular flexibility index (Phi) is 6.73. The van der Waals surface area contributed by atoms with Crippen molar-refractivity contribution in [1.29, 1.82) is 0 Å². The van der Waals surface area contributed by atoms with Crippen LogP contribution in [0.1, 0.15) is 45.0 Å². The zero-order chi connectivity index (χ0) is 13.4. The number of nitrogens with one attached hydrogen (secondary N) is 1. The van der Waals surface area contributed by atoms with Crippen LogP contribution in [0.15, 0.2) is 17.7 Å². The fourth-order valence-corrected chi connectivity index (χ4v) is 2.10. The lowest BCUT2D eigenvalue weighted by Gasteiger charge is -2.05. The van der Waals surface area contributed by atoms with E-state index in [0.717, 1.165) is 38.2 Å². The van der Waals surface area contributed by atoms with E-state index in [-0.39, 0.29) is 0 Å². The molecule has 0 unspecified atom stereocenters. The first kappa shape index (κ1) is 15.0. The Bertz CT molecular complexity index is 377. The van der Waals surface area contributed by atoms with Crippen molar-refractivity contribution in [1.82, 2.24) is 15.1 Å². The van der Waals surface area contributed by atoms with Crippen molar-refractivity contribution >= 4 is 0 Å². The van der Waals surface area contributed by atoms with Gasteiger partial charge in [-0.3, -0.25) is 4.68 Å². The van der Waals surface area contributed by atoms with E-state index in [2.05, 4.69) is 54.9 Å². The van der Waals surface area contributed by atoms with Crippen LogP contribution in [0.4, 0.5) is 0 Å². The Morgan fingerprint density at radius 3 is 2.83 bits per heavy atom. The van der Waals surface area contributed by atoms with Gasteiger partial charge in [-0.2, -0.15) is 5.10 Å². The van der Waals surface area contributed by atoms with Gasteiger partial charge in [0.05, 0.1) is 5.69 Å². The molecule has 0 bridgehead atoms. The highest BCUT2D eigenvalue weighted by molar-refractivity contribution is 5.16. The molecule has 0 spiro atoms. The minimum Gasteiger partial charge on any atom is -0.316 e. The standard InChI is InChI=1S/C15H27N3/c1-5-9-16-10-7-8-13(3)11-15-12-14(4)17-18(15)6-2/h8,12,16H,5-7,9-11H2,1-4H3. The van der Waals surface area contributed by atoms with Gasteiger partial charge in [-0.1, -0.05) is 18.6 Å². The quantitative estimate of drug-likeness (QED) is 0.567. The summed E-state index contributed by atoms with van der Waals surface area (Å²) in [5.41, 5.74) is 3.87. The van der Waals surface area contributed by atoms with Gasteiger partial charge in [0.1, 0.15) is 0 Å². The number of aromatic nitrogens is 2. The lowest BCUT2D eigenvalue weighted by atomic mass is 10.1. The maximum atomic E-state index is 4.48. The van der Waals surface area contributed by atoms with Crippen LogP contribution in [-0.2, 0) is 13.0 Å². The van der Waals surface area contributed by atoms with Crippen LogP contribution in [0.5, 0.6) is 0 Å². The number of rotatable bonds is 8. The SMILES string of the molecule is CCCNCCC=C(C)Cc1cc(C)nn1CC. The normalized spacial score (nSPS) is 12.1. The summed E-state index contributed by atoms with van der Waals surface area (Å²) in [6.07, 6.45) is 5.68. The highest BCUT2D eigenvalue weighted by Crippen LogP contribution is 2.10. The van der Waals surface area contributed by atoms with Crippen LogP contribution in [0.25, 0.3) is 0 Å². The van der Waals surface area contributed by atoms with Crippen LogP contribution in [0.3, 0.4) is 0 Å². The van der Waals surface area contributed by atoms with Crippen LogP contribution in [0.2, 0.25) is 0 Å². The summed E-state index contributed by atoms with van der Waals surface area (Å²) >= 11 is 0. The third-order valence-electron chi connectivity index (χ3n) is 2.99. The van der Waals surface area contributed by atoms with Crippen molar-refractivity contribution in [3.63, 3.8) is 0 Å². The molecule has 1 aromatic heterocycles. The van der Waals surface area contributed by atoms with Crippen molar-refractivity contribution < 1.29 is 0 Å². The molecule has 0 aliphatic heterocycles. The molecule has 1 rings (SSSR count). The van der Waals surface area contributed by atoms with E-state index in [4.69, 9.17) is 0 Å². The first-order valence-corrected chi connectivity index (χ1v) is 7.07. The van der Waals surface area contributed by atoms with Crippen molar-refractivity contribution in [2.45, 2.75) is 53.5 Å². The summed E-state index contributed by atoms with van der Waals surface area (Å²) in [6.45, 7) is 11.8. The fraction of sp³-hybridized carbons (Fsp3) is 0.667. The monoisotopic (exact) mass is 249 g/mol. The van der Waals surface area contributed by atoms with Gasteiger partial charge in [-0.25, -0.2) is 0 Å². The Hall–Kier alpha value is -1.09. The van der Waals surface area contributed by atoms with Crippen molar-refractivity contribution in [3.8, 4) is 0 Å². The van der Waals surface area contributed by atoms with Crippen molar-refractivity contribution in [3.05, 3.63) is 29.1 Å². The predicted molar refractivity (Wildman–Crippen MR) is 77.9 cm³/mol. The molecule has 1 aromatic rings. The maximum Gasteiger partial charge on any atom is 0.0596 e. The first-order valence-electron chi connectivity index (χ1n) is 7.07. The van der Waals surface area contributed by atoms with E-state index in [1.165, 1.54) is 17.7 Å². The molecular formula is C15H27N3. The third-order valence-corrected chi connectivity index (χ3v) is 2.99. The van der Waals surface area contributed by atoms with Crippen molar-refractivity contribution in [2.75, 3.05) is 13.1 Å². The molecule has 1 heterocycles. The lowest BCUT2D eigenvalue weighted by Crippen LogP contribution is -2.15. The fourth-order valence-electron chi connectivity index (χ4n) is 2.10. The van der Waals surface area contributed by atoms with E-state index in [0.29, 0.717) is 0 Å². The molecule has 0 amide bonds. The number of aryl methyl sites for hydroxylation is 2. The molecule has 0 fully saturated rings. The Balaban J connectivity index is 2.42. The van der Waals surface area contributed by atoms with Gasteiger partial charge in [0.15, 0.2) is 0 Å². The Morgan fingerprint density at radius 2 is 2.17 bits per heavy atom. The van der Waals surface area contributed by atoms with Crippen LogP contribution < -0.4 is 5.32 Å². The van der Waals surface area contributed by atoms with E-state index < -0.39 is 0 Å². The zero-order valence-electron chi connectivity index (χ0n) is 12.3. The summed E-state index contributed by atoms with van der Waals surface area (Å²) in [6, 6.07) is 2.19. The first-order chi connectivity index (χ1) is 8.67. The number of nitrogens with zero attached hydrogens (tertiary/aromatic N) is 2. The summed E-state index contributed by atoms with van der Waals surface area (Å²) in [5.74, 6) is 0. The van der Waals surface area contributed by atoms with Crippen LogP contribution in [-0.4, -0.2) is 22.9 Å². The second kappa shape index (κ2) is 8.09. The van der Waals surface area contributed by atoms with Crippen molar-refractivity contribution in [2.24, 2.45) is 0 Å². The highest BCUT2D eigenvalue weighted by Gasteiger charge is 2.04.